The minimum atomic E-state index is -1.34. The van der Waals surface area contributed by atoms with E-state index in [1.54, 1.807) is 0 Å². The van der Waals surface area contributed by atoms with E-state index in [1.807, 2.05) is 56.3 Å². The second-order valence-corrected chi connectivity index (χ2v) is 10.5. The van der Waals surface area contributed by atoms with Crippen molar-refractivity contribution in [1.82, 2.24) is 21.3 Å². The monoisotopic (exact) mass is 538 g/mol. The van der Waals surface area contributed by atoms with E-state index in [4.69, 9.17) is 0 Å². The number of nitrogens with one attached hydrogen (secondary N) is 4. The summed E-state index contributed by atoms with van der Waals surface area (Å²) in [5.74, 6) is -1.29. The molecule has 2 aromatic carbocycles. The lowest BCUT2D eigenvalue weighted by Crippen LogP contribution is -2.55. The van der Waals surface area contributed by atoms with Gasteiger partial charge >= 0.3 is 6.09 Å². The van der Waals surface area contributed by atoms with Gasteiger partial charge in [0.05, 0.1) is 0 Å². The van der Waals surface area contributed by atoms with Gasteiger partial charge in [0.1, 0.15) is 18.4 Å². The topological polar surface area (TPSA) is 154 Å². The molecule has 1 heterocycles. The molecule has 1 aliphatic heterocycles. The summed E-state index contributed by atoms with van der Waals surface area (Å²) in [5.41, 5.74) is 0.802. The van der Waals surface area contributed by atoms with E-state index < -0.39 is 36.0 Å². The maximum atomic E-state index is 13.4. The van der Waals surface area contributed by atoms with Gasteiger partial charge in [0.25, 0.3) is 0 Å². The van der Waals surface area contributed by atoms with Crippen molar-refractivity contribution in [3.8, 4) is 0 Å². The second-order valence-electron chi connectivity index (χ2n) is 10.5. The number of hydrogen-bond acceptors (Lipinski definition) is 5. The fourth-order valence-electron chi connectivity index (χ4n) is 5.06. The van der Waals surface area contributed by atoms with E-state index in [-0.39, 0.29) is 30.6 Å². The Morgan fingerprint density at radius 2 is 1.74 bits per heavy atom. The molecule has 4 amide bonds. The van der Waals surface area contributed by atoms with Crippen molar-refractivity contribution in [2.75, 3.05) is 6.54 Å². The summed E-state index contributed by atoms with van der Waals surface area (Å²) in [6.07, 6.45) is 1.54. The number of hydrogen-bond donors (Lipinski definition) is 5. The Morgan fingerprint density at radius 3 is 2.41 bits per heavy atom. The van der Waals surface area contributed by atoms with Crippen molar-refractivity contribution in [1.29, 1.82) is 0 Å². The summed E-state index contributed by atoms with van der Waals surface area (Å²) in [6, 6.07) is 10.8. The Labute approximate surface area is 228 Å². The van der Waals surface area contributed by atoms with Crippen LogP contribution in [-0.4, -0.2) is 59.9 Å². The molecule has 0 bridgehead atoms. The zero-order valence-electron chi connectivity index (χ0n) is 22.4. The van der Waals surface area contributed by atoms with Crippen LogP contribution in [0.2, 0.25) is 0 Å². The molecule has 0 aliphatic carbocycles. The van der Waals surface area contributed by atoms with Gasteiger partial charge in [-0.2, -0.15) is 0 Å². The summed E-state index contributed by atoms with van der Waals surface area (Å²) in [7, 11) is 0. The van der Waals surface area contributed by atoms with Crippen molar-refractivity contribution in [2.24, 2.45) is 11.8 Å². The van der Waals surface area contributed by atoms with Crippen LogP contribution in [0.15, 0.2) is 42.5 Å². The average molecular weight is 539 g/mol. The summed E-state index contributed by atoms with van der Waals surface area (Å²) in [4.78, 5) is 61.4. The number of carbonyl (C=O) groups excluding carboxylic acids is 4. The van der Waals surface area contributed by atoms with Gasteiger partial charge in [0, 0.05) is 31.3 Å². The van der Waals surface area contributed by atoms with Crippen molar-refractivity contribution in [3.05, 3.63) is 48.0 Å². The van der Waals surface area contributed by atoms with Gasteiger partial charge < -0.3 is 31.2 Å². The fourth-order valence-corrected chi connectivity index (χ4v) is 5.06. The lowest BCUT2D eigenvalue weighted by molar-refractivity contribution is -0.131. The molecule has 5 N–H and O–H groups in total. The van der Waals surface area contributed by atoms with Crippen molar-refractivity contribution in [3.63, 3.8) is 0 Å². The van der Waals surface area contributed by atoms with Crippen LogP contribution in [0.1, 0.15) is 51.5 Å². The largest absolute Gasteiger partial charge is 0.465 e. The van der Waals surface area contributed by atoms with Gasteiger partial charge in [-0.05, 0) is 47.9 Å². The highest BCUT2D eigenvalue weighted by molar-refractivity contribution is 5.92. The summed E-state index contributed by atoms with van der Waals surface area (Å²) in [6.45, 7) is 4.42. The molecule has 2 aromatic rings. The molecular formula is C29H38N4O6. The highest BCUT2D eigenvalue weighted by Gasteiger charge is 2.31. The van der Waals surface area contributed by atoms with Gasteiger partial charge in [0.2, 0.25) is 17.7 Å². The van der Waals surface area contributed by atoms with Gasteiger partial charge in [-0.15, -0.1) is 0 Å². The van der Waals surface area contributed by atoms with Gasteiger partial charge in [0.15, 0.2) is 0 Å². The normalized spacial score (nSPS) is 17.2. The Morgan fingerprint density at radius 1 is 1.03 bits per heavy atom. The highest BCUT2D eigenvalue weighted by Crippen LogP contribution is 2.21. The molecule has 4 atom stereocenters. The van der Waals surface area contributed by atoms with Crippen molar-refractivity contribution >= 4 is 40.9 Å². The molecule has 1 aliphatic rings. The minimum absolute atomic E-state index is 0.0547. The van der Waals surface area contributed by atoms with Crippen LogP contribution in [0.4, 0.5) is 4.79 Å². The third kappa shape index (κ3) is 8.80. The summed E-state index contributed by atoms with van der Waals surface area (Å²) < 4.78 is 0. The van der Waals surface area contributed by atoms with Gasteiger partial charge in [-0.25, -0.2) is 4.79 Å². The number of rotatable bonds is 14. The smallest absolute Gasteiger partial charge is 0.405 e. The fraction of sp³-hybridized carbons (Fsp3) is 0.483. The number of fused-ring (bicyclic) bond motifs is 1. The molecule has 0 aromatic heterocycles. The van der Waals surface area contributed by atoms with E-state index >= 15 is 0 Å². The van der Waals surface area contributed by atoms with E-state index in [0.29, 0.717) is 32.2 Å². The first-order valence-electron chi connectivity index (χ1n) is 13.5. The standard InChI is InChI=1S/C29H38N4O6/c1-18(2)15-24(27(36)31-22(10-6-14-34)16-21-12-13-30-26(21)35)32-28(37)25(33-29(38)39)17-20-9-5-8-19-7-3-4-11-23(19)20/h3-5,7-9,11,14,18,21-22,24-25,33H,6,10,12-13,15-17H2,1-2H3,(H,30,35)(H,31,36)(H,32,37)(H,38,39)/t21-,22+,24-,25-/m0/s1. The molecule has 1 fully saturated rings. The molecule has 0 radical (unpaired) electrons. The Hall–Kier alpha value is -3.95. The Bertz CT molecular complexity index is 1180. The third-order valence-electron chi connectivity index (χ3n) is 6.97. The van der Waals surface area contributed by atoms with Crippen LogP contribution in [0.3, 0.4) is 0 Å². The van der Waals surface area contributed by atoms with Crippen LogP contribution in [0.25, 0.3) is 10.8 Å². The van der Waals surface area contributed by atoms with Gasteiger partial charge in [-0.3, -0.25) is 14.4 Å². The quantitative estimate of drug-likeness (QED) is 0.233. The van der Waals surface area contributed by atoms with Gasteiger partial charge in [-0.1, -0.05) is 56.3 Å². The average Bonchev–Trinajstić information content (AvgIpc) is 3.30. The van der Waals surface area contributed by atoms with Crippen LogP contribution in [0, 0.1) is 11.8 Å². The van der Waals surface area contributed by atoms with Crippen molar-refractivity contribution in [2.45, 2.75) is 70.5 Å². The number of carbonyl (C=O) groups is 5. The first-order valence-corrected chi connectivity index (χ1v) is 13.5. The Kier molecular flexibility index (Phi) is 10.8. The molecule has 39 heavy (non-hydrogen) atoms. The maximum Gasteiger partial charge on any atom is 0.405 e. The highest BCUT2D eigenvalue weighted by atomic mass is 16.4. The van der Waals surface area contributed by atoms with E-state index in [1.165, 1.54) is 0 Å². The number of carboxylic acid groups (broad SMARTS) is 1. The number of aldehydes is 1. The molecule has 210 valence electrons. The first kappa shape index (κ1) is 29.6. The molecule has 3 rings (SSSR count). The van der Waals surface area contributed by atoms with E-state index in [2.05, 4.69) is 21.3 Å². The Balaban J connectivity index is 1.76. The number of benzene rings is 2. The van der Waals surface area contributed by atoms with Crippen LogP contribution in [-0.2, 0) is 25.6 Å². The molecular weight excluding hydrogens is 500 g/mol. The van der Waals surface area contributed by atoms with E-state index in [9.17, 15) is 29.1 Å². The molecule has 0 spiro atoms. The van der Waals surface area contributed by atoms with Crippen LogP contribution >= 0.6 is 0 Å². The maximum absolute atomic E-state index is 13.4. The summed E-state index contributed by atoms with van der Waals surface area (Å²) >= 11 is 0. The molecule has 0 unspecified atom stereocenters. The van der Waals surface area contributed by atoms with Crippen LogP contribution in [0.5, 0.6) is 0 Å². The van der Waals surface area contributed by atoms with Crippen molar-refractivity contribution < 1.29 is 29.1 Å². The zero-order chi connectivity index (χ0) is 28.4. The lowest BCUT2D eigenvalue weighted by Gasteiger charge is -2.27. The predicted molar refractivity (Wildman–Crippen MR) is 147 cm³/mol. The molecule has 10 heteroatoms. The predicted octanol–water partition coefficient (Wildman–Crippen LogP) is 2.54. The lowest BCUT2D eigenvalue weighted by atomic mass is 9.94. The SMILES string of the molecule is CC(C)C[C@H](NC(=O)[C@H](Cc1cccc2ccccc12)NC(=O)O)C(=O)N[C@H](CCC=O)C[C@@H]1CCNC1=O. The van der Waals surface area contributed by atoms with E-state index in [0.717, 1.165) is 22.6 Å². The summed E-state index contributed by atoms with van der Waals surface area (Å²) in [5, 5.41) is 22.1. The van der Waals surface area contributed by atoms with Crippen LogP contribution < -0.4 is 21.3 Å². The molecule has 0 saturated carbocycles. The minimum Gasteiger partial charge on any atom is -0.465 e. The molecule has 1 saturated heterocycles. The first-order chi connectivity index (χ1) is 18.7. The number of amides is 4. The second kappa shape index (κ2) is 14.3. The third-order valence-corrected chi connectivity index (χ3v) is 6.97. The molecule has 10 nitrogen and oxygen atoms in total. The zero-order valence-corrected chi connectivity index (χ0v) is 22.4.